The molecule has 1 aromatic carbocycles. The van der Waals surface area contributed by atoms with Gasteiger partial charge in [0.15, 0.2) is 0 Å². The van der Waals surface area contributed by atoms with Gasteiger partial charge in [-0.15, -0.1) is 11.3 Å². The molecule has 3 aromatic heterocycles. The molecule has 10 nitrogen and oxygen atoms in total. The van der Waals surface area contributed by atoms with Gasteiger partial charge in [0.05, 0.1) is 36.3 Å². The van der Waals surface area contributed by atoms with Crippen LogP contribution in [0.2, 0.25) is 0 Å². The first-order valence-electron chi connectivity index (χ1n) is 13.1. The summed E-state index contributed by atoms with van der Waals surface area (Å²) in [5, 5.41) is 10.2. The number of aryl methyl sites for hydroxylation is 1. The molecule has 1 N–H and O–H groups in total. The second-order valence-electron chi connectivity index (χ2n) is 10.7. The summed E-state index contributed by atoms with van der Waals surface area (Å²) in [6.45, 7) is 10.9. The Morgan fingerprint density at radius 2 is 1.90 bits per heavy atom. The van der Waals surface area contributed by atoms with Crippen LogP contribution in [0.15, 0.2) is 50.7 Å². The van der Waals surface area contributed by atoms with Crippen molar-refractivity contribution >= 4 is 27.5 Å². The molecule has 2 atom stereocenters. The number of aliphatic carboxylic acids is 1. The normalized spacial score (nSPS) is 13.6. The average molecular weight is 570 g/mol. The quantitative estimate of drug-likeness (QED) is 0.271. The molecule has 0 aliphatic carbocycles. The number of hydrogen-bond donors (Lipinski definition) is 1. The number of methoxy groups -OCH3 is 1. The van der Waals surface area contributed by atoms with Crippen molar-refractivity contribution in [2.24, 2.45) is 5.92 Å². The van der Waals surface area contributed by atoms with Gasteiger partial charge in [-0.25, -0.2) is 19.1 Å². The Morgan fingerprint density at radius 1 is 1.20 bits per heavy atom. The van der Waals surface area contributed by atoms with Crippen molar-refractivity contribution in [3.63, 3.8) is 0 Å². The highest BCUT2D eigenvalue weighted by Crippen LogP contribution is 2.38. The molecule has 2 unspecified atom stereocenters. The van der Waals surface area contributed by atoms with Crippen molar-refractivity contribution in [3.8, 4) is 16.5 Å². The third kappa shape index (κ3) is 5.23. The standard InChI is InChI=1S/C29H35N3O7S/c1-16(2)39-15-20(19-10-8-9-11-21(19)37-7)17(3)14-31-26-22(18(4)23(40-26)24-30-12-13-38-24)25(33)32(28(31)36)29(5,6)27(34)35/h8-13,16-17,20H,14-15H2,1-7H3,(H,34,35). The fourth-order valence-electron chi connectivity index (χ4n) is 4.88. The van der Waals surface area contributed by atoms with Gasteiger partial charge in [0.25, 0.3) is 5.56 Å². The van der Waals surface area contributed by atoms with Crippen LogP contribution < -0.4 is 16.0 Å². The molecule has 4 aromatic rings. The third-order valence-corrected chi connectivity index (χ3v) is 8.53. The van der Waals surface area contributed by atoms with Gasteiger partial charge in [-0.3, -0.25) is 9.36 Å². The minimum atomic E-state index is -1.78. The lowest BCUT2D eigenvalue weighted by Crippen LogP contribution is -2.52. The van der Waals surface area contributed by atoms with Crippen LogP contribution in [0, 0.1) is 12.8 Å². The molecular weight excluding hydrogens is 534 g/mol. The first kappa shape index (κ1) is 29.3. The van der Waals surface area contributed by atoms with E-state index in [0.29, 0.717) is 33.5 Å². The van der Waals surface area contributed by atoms with E-state index in [4.69, 9.17) is 13.9 Å². The van der Waals surface area contributed by atoms with Crippen molar-refractivity contribution in [1.29, 1.82) is 0 Å². The summed E-state index contributed by atoms with van der Waals surface area (Å²) in [4.78, 5) is 45.3. The third-order valence-electron chi connectivity index (χ3n) is 7.23. The fourth-order valence-corrected chi connectivity index (χ4v) is 6.12. The molecule has 4 rings (SSSR count). The summed E-state index contributed by atoms with van der Waals surface area (Å²) < 4.78 is 19.5. The molecule has 0 amide bonds. The molecule has 3 heterocycles. The Kier molecular flexibility index (Phi) is 8.36. The van der Waals surface area contributed by atoms with Gasteiger partial charge in [0.2, 0.25) is 5.89 Å². The van der Waals surface area contributed by atoms with E-state index >= 15 is 0 Å². The predicted octanol–water partition coefficient (Wildman–Crippen LogP) is 4.86. The van der Waals surface area contributed by atoms with E-state index in [0.717, 1.165) is 10.1 Å². The lowest BCUT2D eigenvalue weighted by molar-refractivity contribution is -0.146. The zero-order chi connectivity index (χ0) is 29.4. The van der Waals surface area contributed by atoms with Gasteiger partial charge in [0.1, 0.15) is 22.4 Å². The number of benzene rings is 1. The zero-order valence-electron chi connectivity index (χ0n) is 23.8. The van der Waals surface area contributed by atoms with Gasteiger partial charge in [-0.05, 0) is 57.7 Å². The van der Waals surface area contributed by atoms with E-state index < -0.39 is 22.8 Å². The lowest BCUT2D eigenvalue weighted by Gasteiger charge is -2.28. The largest absolute Gasteiger partial charge is 0.496 e. The Morgan fingerprint density at radius 3 is 2.50 bits per heavy atom. The number of carboxylic acids is 1. The highest BCUT2D eigenvalue weighted by molar-refractivity contribution is 7.22. The number of aromatic nitrogens is 3. The molecule has 0 aliphatic heterocycles. The second kappa shape index (κ2) is 11.4. The van der Waals surface area contributed by atoms with Crippen LogP contribution in [0.3, 0.4) is 0 Å². The molecule has 40 heavy (non-hydrogen) atoms. The van der Waals surface area contributed by atoms with Crippen LogP contribution in [-0.4, -0.2) is 45.0 Å². The van der Waals surface area contributed by atoms with Crippen molar-refractivity contribution in [2.45, 2.75) is 65.6 Å². The van der Waals surface area contributed by atoms with Gasteiger partial charge in [-0.1, -0.05) is 25.1 Å². The van der Waals surface area contributed by atoms with E-state index in [1.54, 1.807) is 14.0 Å². The van der Waals surface area contributed by atoms with E-state index in [9.17, 15) is 19.5 Å². The molecule has 0 bridgehead atoms. The number of carbonyl (C=O) groups is 1. The Hall–Kier alpha value is -3.70. The van der Waals surface area contributed by atoms with Gasteiger partial charge in [0, 0.05) is 12.5 Å². The fraction of sp³-hybridized carbons (Fsp3) is 0.448. The first-order chi connectivity index (χ1) is 18.9. The number of carboxylic acid groups (broad SMARTS) is 1. The number of hydrogen-bond acceptors (Lipinski definition) is 8. The summed E-state index contributed by atoms with van der Waals surface area (Å²) >= 11 is 1.23. The maximum atomic E-state index is 14.0. The summed E-state index contributed by atoms with van der Waals surface area (Å²) in [6.07, 6.45) is 2.93. The van der Waals surface area contributed by atoms with E-state index in [1.165, 1.54) is 42.2 Å². The van der Waals surface area contributed by atoms with Crippen molar-refractivity contribution in [2.75, 3.05) is 13.7 Å². The van der Waals surface area contributed by atoms with Gasteiger partial charge in [-0.2, -0.15) is 0 Å². The minimum absolute atomic E-state index is 0.0135. The van der Waals surface area contributed by atoms with Crippen molar-refractivity contribution < 1.29 is 23.8 Å². The Bertz CT molecular complexity index is 1630. The van der Waals surface area contributed by atoms with Crippen LogP contribution in [0.1, 0.15) is 51.7 Å². The molecule has 0 aliphatic rings. The lowest BCUT2D eigenvalue weighted by atomic mass is 9.87. The van der Waals surface area contributed by atoms with Crippen LogP contribution in [-0.2, 0) is 21.6 Å². The molecule has 0 fully saturated rings. The summed E-state index contributed by atoms with van der Waals surface area (Å²) in [7, 11) is 1.61. The predicted molar refractivity (Wildman–Crippen MR) is 154 cm³/mol. The number of fused-ring (bicyclic) bond motifs is 1. The van der Waals surface area contributed by atoms with E-state index in [2.05, 4.69) is 4.98 Å². The first-order valence-corrected chi connectivity index (χ1v) is 13.9. The summed E-state index contributed by atoms with van der Waals surface area (Å²) in [5.74, 6) is -0.600. The molecule has 214 valence electrons. The molecule has 0 spiro atoms. The van der Waals surface area contributed by atoms with Crippen LogP contribution >= 0.6 is 11.3 Å². The van der Waals surface area contributed by atoms with Gasteiger partial charge < -0.3 is 19.0 Å². The van der Waals surface area contributed by atoms with Crippen LogP contribution in [0.5, 0.6) is 5.75 Å². The minimum Gasteiger partial charge on any atom is -0.496 e. The number of para-hydroxylation sites is 1. The molecule has 0 radical (unpaired) electrons. The number of thiophene rings is 1. The topological polar surface area (TPSA) is 126 Å². The Balaban J connectivity index is 1.95. The highest BCUT2D eigenvalue weighted by atomic mass is 32.1. The highest BCUT2D eigenvalue weighted by Gasteiger charge is 2.36. The smallest absolute Gasteiger partial charge is 0.333 e. The molecule has 0 saturated heterocycles. The Labute approximate surface area is 235 Å². The SMILES string of the molecule is COc1ccccc1C(COC(C)C)C(C)Cn1c(=O)n(C(C)(C)C(=O)O)c(=O)c2c(C)c(-c3ncco3)sc21. The molecule has 11 heteroatoms. The van der Waals surface area contributed by atoms with E-state index in [-0.39, 0.29) is 29.9 Å². The molecular formula is C29H35N3O7S. The second-order valence-corrected chi connectivity index (χ2v) is 11.7. The maximum absolute atomic E-state index is 14.0. The van der Waals surface area contributed by atoms with Crippen molar-refractivity contribution in [3.05, 3.63) is 68.7 Å². The van der Waals surface area contributed by atoms with Crippen LogP contribution in [0.4, 0.5) is 0 Å². The monoisotopic (exact) mass is 569 g/mol. The van der Waals surface area contributed by atoms with E-state index in [1.807, 2.05) is 45.0 Å². The number of nitrogens with zero attached hydrogens (tertiary/aromatic N) is 3. The summed E-state index contributed by atoms with van der Waals surface area (Å²) in [5.41, 5.74) is -1.63. The van der Waals surface area contributed by atoms with Crippen molar-refractivity contribution in [1.82, 2.24) is 14.1 Å². The maximum Gasteiger partial charge on any atom is 0.333 e. The summed E-state index contributed by atoms with van der Waals surface area (Å²) in [6, 6.07) is 7.68. The van der Waals surface area contributed by atoms with Gasteiger partial charge >= 0.3 is 11.7 Å². The number of ether oxygens (including phenoxy) is 2. The zero-order valence-corrected chi connectivity index (χ0v) is 24.6. The van der Waals surface area contributed by atoms with Crippen LogP contribution in [0.25, 0.3) is 21.0 Å². The number of rotatable bonds is 11. The molecule has 0 saturated carbocycles. The average Bonchev–Trinajstić information content (AvgIpc) is 3.54. The number of oxazole rings is 1.